The van der Waals surface area contributed by atoms with Crippen LogP contribution in [-0.4, -0.2) is 21.7 Å². The molecule has 0 fully saturated rings. The smallest absolute Gasteiger partial charge is 0.257 e. The Hall–Kier alpha value is -3.34. The summed E-state index contributed by atoms with van der Waals surface area (Å²) < 4.78 is 1.98. The number of carbonyl (C=O) groups is 1. The average molecular weight is 529 g/mol. The van der Waals surface area contributed by atoms with Crippen molar-refractivity contribution in [2.45, 2.75) is 105 Å². The Bertz CT molecular complexity index is 1210. The lowest BCUT2D eigenvalue weighted by Gasteiger charge is -2.38. The average Bonchev–Trinajstić information content (AvgIpc) is 3.14. The van der Waals surface area contributed by atoms with Crippen LogP contribution in [0.5, 0.6) is 0 Å². The van der Waals surface area contributed by atoms with Gasteiger partial charge in [0, 0.05) is 0 Å². The highest BCUT2D eigenvalue weighted by atomic mass is 16.1. The number of rotatable bonds is 5. The fraction of sp³-hybridized carbons (Fsp3) is 0.471. The fourth-order valence-corrected chi connectivity index (χ4v) is 5.61. The summed E-state index contributed by atoms with van der Waals surface area (Å²) in [5, 5.41) is 11.6. The van der Waals surface area contributed by atoms with Crippen molar-refractivity contribution in [2.75, 3.05) is 5.32 Å². The van der Waals surface area contributed by atoms with Crippen LogP contribution in [0, 0.1) is 0 Å². The molecule has 39 heavy (non-hydrogen) atoms. The molecule has 1 amide bonds. The lowest BCUT2D eigenvalue weighted by molar-refractivity contribution is 0.0942. The predicted molar refractivity (Wildman–Crippen MR) is 165 cm³/mol. The largest absolute Gasteiger partial charge is 0.363 e. The van der Waals surface area contributed by atoms with E-state index >= 15 is 0 Å². The minimum atomic E-state index is -0.205. The van der Waals surface area contributed by atoms with Crippen molar-refractivity contribution in [1.82, 2.24) is 15.1 Å². The molecule has 1 aromatic heterocycles. The molecule has 210 valence electrons. The Morgan fingerprint density at radius 1 is 1.15 bits per heavy atom. The lowest BCUT2D eigenvalue weighted by atomic mass is 9.89. The third-order valence-corrected chi connectivity index (χ3v) is 7.49. The van der Waals surface area contributed by atoms with Crippen LogP contribution >= 0.6 is 0 Å². The molecule has 0 saturated heterocycles. The van der Waals surface area contributed by atoms with Gasteiger partial charge in [-0.2, -0.15) is 5.10 Å². The first-order chi connectivity index (χ1) is 19.0. The van der Waals surface area contributed by atoms with Crippen molar-refractivity contribution < 1.29 is 4.79 Å². The van der Waals surface area contributed by atoms with Gasteiger partial charge in [-0.05, 0) is 69.1 Å². The minimum absolute atomic E-state index is 0.0601. The van der Waals surface area contributed by atoms with Crippen molar-refractivity contribution in [2.24, 2.45) is 0 Å². The molecular weight excluding hydrogens is 480 g/mol. The van der Waals surface area contributed by atoms with Crippen molar-refractivity contribution in [1.29, 1.82) is 0 Å². The van der Waals surface area contributed by atoms with Crippen LogP contribution in [0.3, 0.4) is 0 Å². The standard InChI is InChI=1S/C30H36N4O.2C2H6/c1-4-26(24-18-12-11-14-21-13-7-6-10-17-23(21)24)33-29(35)25-20-31-34-28(25)32-27(19-30(34,2)3)22-15-8-5-9-16-22;2*1-2/h5,8-12,15-18,20,26-27,32H,4,6-7,13-14,19H2,1-3H3,(H,33,35);2*1-2H3. The number of hydrogen-bond acceptors (Lipinski definition) is 3. The minimum Gasteiger partial charge on any atom is -0.363 e. The Morgan fingerprint density at radius 2 is 1.90 bits per heavy atom. The summed E-state index contributed by atoms with van der Waals surface area (Å²) in [6.45, 7) is 14.5. The molecule has 2 aromatic rings. The van der Waals surface area contributed by atoms with Crippen molar-refractivity contribution in [3.05, 3.63) is 94.8 Å². The zero-order valence-corrected chi connectivity index (χ0v) is 25.1. The van der Waals surface area contributed by atoms with E-state index in [0.29, 0.717) is 5.56 Å². The van der Waals surface area contributed by atoms with Crippen LogP contribution in [-0.2, 0) is 5.54 Å². The second kappa shape index (κ2) is 14.2. The number of allylic oxidation sites excluding steroid dienone is 6. The van der Waals surface area contributed by atoms with Crippen molar-refractivity contribution >= 4 is 11.7 Å². The van der Waals surface area contributed by atoms with E-state index in [1.165, 1.54) is 28.7 Å². The van der Waals surface area contributed by atoms with Crippen LogP contribution in [0.2, 0.25) is 0 Å². The topological polar surface area (TPSA) is 59.0 Å². The van der Waals surface area contributed by atoms with E-state index in [1.54, 1.807) is 6.20 Å². The Morgan fingerprint density at radius 3 is 2.62 bits per heavy atom. The van der Waals surface area contributed by atoms with Gasteiger partial charge in [0.2, 0.25) is 0 Å². The fourth-order valence-electron chi connectivity index (χ4n) is 5.61. The highest BCUT2D eigenvalue weighted by Crippen LogP contribution is 2.40. The van der Waals surface area contributed by atoms with Gasteiger partial charge in [-0.3, -0.25) is 4.79 Å². The molecule has 0 bridgehead atoms. The second-order valence-corrected chi connectivity index (χ2v) is 10.4. The summed E-state index contributed by atoms with van der Waals surface area (Å²) in [5.74, 6) is 0.718. The molecule has 2 heterocycles. The molecule has 0 spiro atoms. The van der Waals surface area contributed by atoms with Gasteiger partial charge in [-0.15, -0.1) is 0 Å². The third kappa shape index (κ3) is 6.81. The summed E-state index contributed by atoms with van der Waals surface area (Å²) in [6.07, 6.45) is 19.0. The van der Waals surface area contributed by atoms with Crippen molar-refractivity contribution in [3.8, 4) is 0 Å². The first kappa shape index (κ1) is 30.2. The number of hydrogen-bond donors (Lipinski definition) is 2. The SMILES string of the molecule is CC.CC.CCC(NC(=O)c1cnn2c1NC(c1ccccc1)CC2(C)C)C1=CC=CCC2=C1C=CCCC2. The summed E-state index contributed by atoms with van der Waals surface area (Å²) in [5.41, 5.74) is 5.61. The zero-order chi connectivity index (χ0) is 28.4. The number of amides is 1. The molecule has 5 nitrogen and oxygen atoms in total. The summed E-state index contributed by atoms with van der Waals surface area (Å²) >= 11 is 0. The molecule has 5 rings (SSSR count). The maximum atomic E-state index is 13.7. The van der Waals surface area contributed by atoms with E-state index in [-0.39, 0.29) is 23.5 Å². The monoisotopic (exact) mass is 528 g/mol. The van der Waals surface area contributed by atoms with Gasteiger partial charge in [-0.25, -0.2) is 4.68 Å². The van der Waals surface area contributed by atoms with Gasteiger partial charge in [-0.1, -0.05) is 101 Å². The Kier molecular flexibility index (Phi) is 11.0. The maximum Gasteiger partial charge on any atom is 0.257 e. The summed E-state index contributed by atoms with van der Waals surface area (Å²) in [7, 11) is 0. The van der Waals surface area contributed by atoms with Crippen LogP contribution in [0.1, 0.15) is 109 Å². The zero-order valence-electron chi connectivity index (χ0n) is 25.1. The van der Waals surface area contributed by atoms with Crippen LogP contribution in [0.15, 0.2) is 83.6 Å². The van der Waals surface area contributed by atoms with Crippen LogP contribution in [0.25, 0.3) is 0 Å². The van der Waals surface area contributed by atoms with Gasteiger partial charge in [0.15, 0.2) is 0 Å². The number of aromatic nitrogens is 2. The Labute approximate surface area is 236 Å². The number of anilines is 1. The molecule has 0 saturated carbocycles. The van der Waals surface area contributed by atoms with E-state index < -0.39 is 0 Å². The molecule has 1 aromatic carbocycles. The van der Waals surface area contributed by atoms with Gasteiger partial charge in [0.05, 0.1) is 23.8 Å². The molecule has 2 aliphatic carbocycles. The first-order valence-corrected chi connectivity index (χ1v) is 14.9. The summed E-state index contributed by atoms with van der Waals surface area (Å²) in [4.78, 5) is 13.7. The molecule has 5 heteroatoms. The van der Waals surface area contributed by atoms with Gasteiger partial charge >= 0.3 is 0 Å². The summed E-state index contributed by atoms with van der Waals surface area (Å²) in [6, 6.07) is 10.5. The number of fused-ring (bicyclic) bond motifs is 1. The molecular formula is C34H48N4O. The third-order valence-electron chi connectivity index (χ3n) is 7.49. The van der Waals surface area contributed by atoms with Crippen LogP contribution < -0.4 is 10.6 Å². The lowest BCUT2D eigenvalue weighted by Crippen LogP contribution is -2.40. The molecule has 0 radical (unpaired) electrons. The maximum absolute atomic E-state index is 13.7. The molecule has 2 atom stereocenters. The van der Waals surface area contributed by atoms with E-state index in [2.05, 4.69) is 91.1 Å². The van der Waals surface area contributed by atoms with Gasteiger partial charge < -0.3 is 10.6 Å². The highest BCUT2D eigenvalue weighted by Gasteiger charge is 2.37. The van der Waals surface area contributed by atoms with Crippen molar-refractivity contribution in [3.63, 3.8) is 0 Å². The quantitative estimate of drug-likeness (QED) is 0.408. The van der Waals surface area contributed by atoms with Gasteiger partial charge in [0.25, 0.3) is 5.91 Å². The normalized spacial score (nSPS) is 19.8. The van der Waals surface area contributed by atoms with E-state index in [0.717, 1.165) is 37.9 Å². The van der Waals surface area contributed by atoms with Crippen LogP contribution in [0.4, 0.5) is 5.82 Å². The second-order valence-electron chi connectivity index (χ2n) is 10.4. The molecule has 3 aliphatic rings. The number of benzene rings is 1. The van der Waals surface area contributed by atoms with Gasteiger partial charge in [0.1, 0.15) is 11.4 Å². The predicted octanol–water partition coefficient (Wildman–Crippen LogP) is 8.66. The Balaban J connectivity index is 0.00000100. The van der Waals surface area contributed by atoms with E-state index in [1.807, 2.05) is 38.4 Å². The van der Waals surface area contributed by atoms with E-state index in [9.17, 15) is 4.79 Å². The number of nitrogens with zero attached hydrogens (tertiary/aromatic N) is 2. The van der Waals surface area contributed by atoms with E-state index in [4.69, 9.17) is 0 Å². The first-order valence-electron chi connectivity index (χ1n) is 14.9. The number of nitrogens with one attached hydrogen (secondary N) is 2. The molecule has 2 N–H and O–H groups in total. The number of carbonyl (C=O) groups excluding carboxylic acids is 1. The molecule has 1 aliphatic heterocycles. The highest BCUT2D eigenvalue weighted by molar-refractivity contribution is 5.99. The molecule has 2 unspecified atom stereocenters.